The van der Waals surface area contributed by atoms with E-state index in [0.717, 1.165) is 6.29 Å². The molecule has 0 atom stereocenters. The summed E-state index contributed by atoms with van der Waals surface area (Å²) in [6.45, 7) is 0. The maximum atomic E-state index is 10.0. The van der Waals surface area contributed by atoms with Crippen molar-refractivity contribution in [3.05, 3.63) is 29.1 Å². The van der Waals surface area contributed by atoms with Gasteiger partial charge in [0.25, 0.3) is 0 Å². The molecule has 3 nitrogen and oxygen atoms in total. The van der Waals surface area contributed by atoms with Crippen molar-refractivity contribution >= 4 is 29.7 Å². The predicted molar refractivity (Wildman–Crippen MR) is 53.4 cm³/mol. The number of nitrogens with two attached hydrogens (primary N) is 1. The molecule has 0 bridgehead atoms. The normalized spacial score (nSPS) is 10.5. The summed E-state index contributed by atoms with van der Waals surface area (Å²) in [4.78, 5) is 14.0. The van der Waals surface area contributed by atoms with Gasteiger partial charge in [-0.3, -0.25) is 4.98 Å². The summed E-state index contributed by atoms with van der Waals surface area (Å²) in [6, 6.07) is 1.62. The van der Waals surface area contributed by atoms with Crippen molar-refractivity contribution < 1.29 is 4.79 Å². The highest BCUT2D eigenvalue weighted by molar-refractivity contribution is 6.30. The number of hydrogen-bond donors (Lipinski definition) is 1. The summed E-state index contributed by atoms with van der Waals surface area (Å²) >= 11 is 5.66. The first kappa shape index (κ1) is 9.74. The summed E-state index contributed by atoms with van der Waals surface area (Å²) in [5.41, 5.74) is 6.76. The molecule has 0 saturated heterocycles. The minimum atomic E-state index is 0.365. The molecule has 0 aromatic carbocycles. The van der Waals surface area contributed by atoms with Gasteiger partial charge in [-0.25, -0.2) is 0 Å². The standard InChI is InChI=1S/C9H9ClN2O/c10-7-5-8(11)9(12-6-7)3-1-2-4-13/h1,3-6H,2,11H2. The van der Waals surface area contributed by atoms with E-state index in [-0.39, 0.29) is 0 Å². The van der Waals surface area contributed by atoms with Gasteiger partial charge in [-0.15, -0.1) is 0 Å². The van der Waals surface area contributed by atoms with Crippen LogP contribution in [0.15, 0.2) is 18.3 Å². The van der Waals surface area contributed by atoms with E-state index in [9.17, 15) is 4.79 Å². The summed E-state index contributed by atoms with van der Waals surface area (Å²) in [6.07, 6.45) is 6.07. The summed E-state index contributed by atoms with van der Waals surface area (Å²) in [5, 5.41) is 0.505. The highest BCUT2D eigenvalue weighted by Gasteiger charge is 1.96. The van der Waals surface area contributed by atoms with Gasteiger partial charge in [-0.05, 0) is 12.1 Å². The Kier molecular flexibility index (Phi) is 3.46. The van der Waals surface area contributed by atoms with Gasteiger partial charge in [0.05, 0.1) is 16.4 Å². The molecule has 4 heteroatoms. The molecule has 13 heavy (non-hydrogen) atoms. The Hall–Kier alpha value is -1.35. The number of allylic oxidation sites excluding steroid dienone is 1. The molecule has 0 aliphatic rings. The second-order valence-corrected chi connectivity index (χ2v) is 2.87. The van der Waals surface area contributed by atoms with Crippen LogP contribution in [0.5, 0.6) is 0 Å². The number of carbonyl (C=O) groups excluding carboxylic acids is 1. The SMILES string of the molecule is Nc1cc(Cl)cnc1C=CCC=O. The Morgan fingerprint density at radius 3 is 3.00 bits per heavy atom. The molecule has 0 amide bonds. The largest absolute Gasteiger partial charge is 0.397 e. The molecule has 0 fully saturated rings. The highest BCUT2D eigenvalue weighted by Crippen LogP contribution is 2.15. The highest BCUT2D eigenvalue weighted by atomic mass is 35.5. The van der Waals surface area contributed by atoms with Crippen molar-refractivity contribution in [2.75, 3.05) is 5.73 Å². The minimum absolute atomic E-state index is 0.365. The predicted octanol–water partition coefficient (Wildman–Crippen LogP) is 1.92. The first-order valence-electron chi connectivity index (χ1n) is 3.75. The van der Waals surface area contributed by atoms with Gasteiger partial charge in [0, 0.05) is 12.6 Å². The Morgan fingerprint density at radius 1 is 1.62 bits per heavy atom. The van der Waals surface area contributed by atoms with E-state index in [1.807, 2.05) is 0 Å². The summed E-state index contributed by atoms with van der Waals surface area (Å²) in [7, 11) is 0. The van der Waals surface area contributed by atoms with Crippen LogP contribution in [0.2, 0.25) is 5.02 Å². The third kappa shape index (κ3) is 2.87. The van der Waals surface area contributed by atoms with Crippen LogP contribution in [0.3, 0.4) is 0 Å². The van der Waals surface area contributed by atoms with Crippen LogP contribution < -0.4 is 5.73 Å². The van der Waals surface area contributed by atoms with Crippen molar-refractivity contribution in [3.63, 3.8) is 0 Å². The van der Waals surface area contributed by atoms with Gasteiger partial charge >= 0.3 is 0 Å². The lowest BCUT2D eigenvalue weighted by molar-refractivity contribution is -0.107. The number of halogens is 1. The zero-order valence-electron chi connectivity index (χ0n) is 6.90. The van der Waals surface area contributed by atoms with Crippen molar-refractivity contribution in [2.45, 2.75) is 6.42 Å². The molecule has 1 aromatic heterocycles. The molecule has 0 aliphatic heterocycles. The first-order chi connectivity index (χ1) is 6.24. The third-order valence-electron chi connectivity index (χ3n) is 1.42. The number of anilines is 1. The van der Waals surface area contributed by atoms with Crippen LogP contribution in [0.25, 0.3) is 6.08 Å². The molecule has 0 unspecified atom stereocenters. The molecular formula is C9H9ClN2O. The maximum absolute atomic E-state index is 10.0. The number of nitrogen functional groups attached to an aromatic ring is 1. The number of carbonyl (C=O) groups is 1. The second kappa shape index (κ2) is 4.62. The fourth-order valence-corrected chi connectivity index (χ4v) is 1.01. The van der Waals surface area contributed by atoms with E-state index in [0.29, 0.717) is 22.8 Å². The number of aldehydes is 1. The third-order valence-corrected chi connectivity index (χ3v) is 1.63. The fraction of sp³-hybridized carbons (Fsp3) is 0.111. The van der Waals surface area contributed by atoms with Crippen LogP contribution >= 0.6 is 11.6 Å². The fourth-order valence-electron chi connectivity index (χ4n) is 0.840. The Morgan fingerprint density at radius 2 is 2.38 bits per heavy atom. The lowest BCUT2D eigenvalue weighted by Crippen LogP contribution is -1.91. The average Bonchev–Trinajstić information content (AvgIpc) is 2.09. The lowest BCUT2D eigenvalue weighted by atomic mass is 10.2. The molecule has 0 saturated carbocycles. The first-order valence-corrected chi connectivity index (χ1v) is 4.13. The van der Waals surface area contributed by atoms with E-state index in [2.05, 4.69) is 4.98 Å². The average molecular weight is 197 g/mol. The zero-order chi connectivity index (χ0) is 9.68. The molecule has 68 valence electrons. The molecule has 2 N–H and O–H groups in total. The molecular weight excluding hydrogens is 188 g/mol. The van der Waals surface area contributed by atoms with Gasteiger partial charge in [0.15, 0.2) is 0 Å². The molecule has 1 rings (SSSR count). The van der Waals surface area contributed by atoms with Crippen LogP contribution in [0.4, 0.5) is 5.69 Å². The molecule has 0 spiro atoms. The van der Waals surface area contributed by atoms with Crippen molar-refractivity contribution in [1.82, 2.24) is 4.98 Å². The van der Waals surface area contributed by atoms with Crippen LogP contribution in [-0.4, -0.2) is 11.3 Å². The van der Waals surface area contributed by atoms with Crippen molar-refractivity contribution in [3.8, 4) is 0 Å². The zero-order valence-corrected chi connectivity index (χ0v) is 7.66. The molecule has 0 aliphatic carbocycles. The number of aromatic nitrogens is 1. The number of rotatable bonds is 3. The van der Waals surface area contributed by atoms with Crippen LogP contribution in [0, 0.1) is 0 Å². The quantitative estimate of drug-likeness (QED) is 0.752. The lowest BCUT2D eigenvalue weighted by Gasteiger charge is -1.98. The van der Waals surface area contributed by atoms with Gasteiger partial charge in [-0.1, -0.05) is 17.7 Å². The van der Waals surface area contributed by atoms with Gasteiger partial charge < -0.3 is 10.5 Å². The minimum Gasteiger partial charge on any atom is -0.397 e. The van der Waals surface area contributed by atoms with Crippen molar-refractivity contribution in [1.29, 1.82) is 0 Å². The maximum Gasteiger partial charge on any atom is 0.123 e. The Balaban J connectivity index is 2.83. The summed E-state index contributed by atoms with van der Waals surface area (Å²) < 4.78 is 0. The van der Waals surface area contributed by atoms with Gasteiger partial charge in [-0.2, -0.15) is 0 Å². The number of pyridine rings is 1. The van der Waals surface area contributed by atoms with E-state index in [1.165, 1.54) is 6.20 Å². The monoisotopic (exact) mass is 196 g/mol. The number of hydrogen-bond acceptors (Lipinski definition) is 3. The van der Waals surface area contributed by atoms with Gasteiger partial charge in [0.1, 0.15) is 6.29 Å². The molecule has 0 radical (unpaired) electrons. The summed E-state index contributed by atoms with van der Waals surface area (Å²) in [5.74, 6) is 0. The van der Waals surface area contributed by atoms with E-state index in [1.54, 1.807) is 18.2 Å². The number of nitrogens with zero attached hydrogens (tertiary/aromatic N) is 1. The van der Waals surface area contributed by atoms with Crippen LogP contribution in [0.1, 0.15) is 12.1 Å². The van der Waals surface area contributed by atoms with E-state index < -0.39 is 0 Å². The van der Waals surface area contributed by atoms with Gasteiger partial charge in [0.2, 0.25) is 0 Å². The molecule has 1 heterocycles. The van der Waals surface area contributed by atoms with E-state index >= 15 is 0 Å². The van der Waals surface area contributed by atoms with E-state index in [4.69, 9.17) is 17.3 Å². The second-order valence-electron chi connectivity index (χ2n) is 2.43. The Labute approximate surface area is 81.2 Å². The Bertz CT molecular complexity index is 336. The van der Waals surface area contributed by atoms with Crippen molar-refractivity contribution in [2.24, 2.45) is 0 Å². The molecule has 1 aromatic rings. The smallest absolute Gasteiger partial charge is 0.123 e. The topological polar surface area (TPSA) is 56.0 Å². The van der Waals surface area contributed by atoms with Crippen LogP contribution in [-0.2, 0) is 4.79 Å².